The molecule has 0 radical (unpaired) electrons. The van der Waals surface area contributed by atoms with E-state index in [1.807, 2.05) is 13.2 Å². The van der Waals surface area contributed by atoms with Gasteiger partial charge in [-0.1, -0.05) is 38.8 Å². The Balaban J connectivity index is 1.06. The summed E-state index contributed by atoms with van der Waals surface area (Å²) in [6.45, 7) is 10.3. The monoisotopic (exact) mass is 638 g/mol. The molecule has 0 aliphatic heterocycles. The van der Waals surface area contributed by atoms with Gasteiger partial charge in [-0.25, -0.2) is 0 Å². The van der Waals surface area contributed by atoms with Gasteiger partial charge in [-0.2, -0.15) is 0 Å². The molecule has 11 aliphatic carbocycles. The minimum Gasteiger partial charge on any atom is -0.377 e. The lowest BCUT2D eigenvalue weighted by Crippen LogP contribution is -2.71. The van der Waals surface area contributed by atoms with E-state index in [4.69, 9.17) is 4.74 Å². The van der Waals surface area contributed by atoms with Gasteiger partial charge in [-0.05, 0) is 171 Å². The van der Waals surface area contributed by atoms with Gasteiger partial charge in [-0.15, -0.1) is 0 Å². The number of ketones is 3. The van der Waals surface area contributed by atoms with Gasteiger partial charge in [0.1, 0.15) is 5.78 Å². The van der Waals surface area contributed by atoms with E-state index in [9.17, 15) is 9.59 Å². The lowest BCUT2D eigenvalue weighted by molar-refractivity contribution is -0.242. The molecule has 11 rings (SSSR count). The highest BCUT2D eigenvalue weighted by molar-refractivity contribution is 5.92. The van der Waals surface area contributed by atoms with Crippen molar-refractivity contribution in [2.75, 3.05) is 7.11 Å². The Bertz CT molecular complexity index is 1550. The molecule has 11 aliphatic rings. The molecule has 4 nitrogen and oxygen atoms in total. The summed E-state index contributed by atoms with van der Waals surface area (Å²) in [6, 6.07) is 0. The topological polar surface area (TPSA) is 60.4 Å². The molecule has 254 valence electrons. The zero-order valence-electron chi connectivity index (χ0n) is 29.8. The highest BCUT2D eigenvalue weighted by Crippen LogP contribution is 2.84. The fraction of sp³-hybridized carbons (Fsp3) is 0.837. The maximum Gasteiger partial charge on any atom is 0.155 e. The van der Waals surface area contributed by atoms with Gasteiger partial charge in [0.2, 0.25) is 0 Å². The van der Waals surface area contributed by atoms with Crippen molar-refractivity contribution in [1.82, 2.24) is 0 Å². The van der Waals surface area contributed by atoms with Crippen molar-refractivity contribution in [3.63, 3.8) is 0 Å². The first-order valence-corrected chi connectivity index (χ1v) is 19.9. The van der Waals surface area contributed by atoms with Crippen LogP contribution >= 0.6 is 0 Å². The first-order chi connectivity index (χ1) is 22.4. The molecule has 0 heterocycles. The van der Waals surface area contributed by atoms with E-state index < -0.39 is 0 Å². The van der Waals surface area contributed by atoms with Crippen LogP contribution in [0, 0.1) is 80.3 Å². The summed E-state index contributed by atoms with van der Waals surface area (Å²) in [5.74, 6) is 6.64. The van der Waals surface area contributed by atoms with Gasteiger partial charge >= 0.3 is 0 Å². The van der Waals surface area contributed by atoms with E-state index in [1.54, 1.807) is 0 Å². The molecule has 0 saturated heterocycles. The summed E-state index contributed by atoms with van der Waals surface area (Å²) in [4.78, 5) is 40.2. The van der Waals surface area contributed by atoms with E-state index in [0.29, 0.717) is 83.5 Å². The van der Waals surface area contributed by atoms with E-state index >= 15 is 4.79 Å². The molecule has 1 spiro atoms. The van der Waals surface area contributed by atoms with Crippen LogP contribution in [-0.4, -0.2) is 30.1 Å². The number of fused-ring (bicyclic) bond motifs is 11. The SMILES string of the molecule is CO[C@]12CC(=O)[C@@]3([C@H](C[C@H]4[C@@H]5CCC6=CC(=O)CC[C@]6(C)[C@H]5CC[C@@]43C)C1)[C@@H]1C[C@@H]3[C@@H]4CCC5=CC(=O)CC[C@@]5(C)[C@H]4CC[C@@]3(C)[C@H]12. The predicted octanol–water partition coefficient (Wildman–Crippen LogP) is 8.87. The zero-order chi connectivity index (χ0) is 32.5. The van der Waals surface area contributed by atoms with Gasteiger partial charge in [-0.3, -0.25) is 14.4 Å². The minimum absolute atomic E-state index is 0.0721. The molecule has 47 heavy (non-hydrogen) atoms. The van der Waals surface area contributed by atoms with Gasteiger partial charge in [0, 0.05) is 31.8 Å². The van der Waals surface area contributed by atoms with E-state index in [-0.39, 0.29) is 32.7 Å². The highest BCUT2D eigenvalue weighted by Gasteiger charge is 2.83. The van der Waals surface area contributed by atoms with E-state index in [2.05, 4.69) is 33.8 Å². The second-order valence-corrected chi connectivity index (χ2v) is 20.1. The zero-order valence-corrected chi connectivity index (χ0v) is 29.8. The number of carbonyl (C=O) groups excluding carboxylic acids is 3. The molecular formula is C43H58O4. The summed E-state index contributed by atoms with van der Waals surface area (Å²) < 4.78 is 6.81. The van der Waals surface area contributed by atoms with E-state index in [0.717, 1.165) is 38.5 Å². The van der Waals surface area contributed by atoms with Crippen molar-refractivity contribution in [2.24, 2.45) is 80.3 Å². The van der Waals surface area contributed by atoms with Crippen molar-refractivity contribution in [3.05, 3.63) is 23.3 Å². The Labute approximate surface area is 282 Å². The lowest BCUT2D eigenvalue weighted by atomic mass is 9.36. The van der Waals surface area contributed by atoms with Gasteiger partial charge in [0.25, 0.3) is 0 Å². The Morgan fingerprint density at radius 2 is 1.26 bits per heavy atom. The van der Waals surface area contributed by atoms with Crippen LogP contribution in [0.1, 0.15) is 130 Å². The Morgan fingerprint density at radius 3 is 1.87 bits per heavy atom. The number of Topliss-reactive ketones (excluding diaryl/α,β-unsaturated/α-hetero) is 1. The van der Waals surface area contributed by atoms with Crippen LogP contribution in [0.3, 0.4) is 0 Å². The number of carbonyl (C=O) groups is 3. The summed E-state index contributed by atoms with van der Waals surface area (Å²) in [5, 5.41) is 0. The van der Waals surface area contributed by atoms with Crippen molar-refractivity contribution in [3.8, 4) is 0 Å². The molecule has 0 aromatic carbocycles. The Kier molecular flexibility index (Phi) is 5.94. The normalized spacial score (nSPS) is 58.6. The van der Waals surface area contributed by atoms with Crippen molar-refractivity contribution < 1.29 is 19.1 Å². The van der Waals surface area contributed by atoms with Gasteiger partial charge in [0.15, 0.2) is 11.6 Å². The minimum atomic E-state index is -0.299. The third kappa shape index (κ3) is 3.27. The van der Waals surface area contributed by atoms with Crippen molar-refractivity contribution in [2.45, 2.75) is 136 Å². The quantitative estimate of drug-likeness (QED) is 0.288. The van der Waals surface area contributed by atoms with E-state index in [1.165, 1.54) is 62.5 Å². The molecule has 0 N–H and O–H groups in total. The standard InChI is InChI=1S/C43H58O4/c1-38-14-10-27(44)18-24(38)6-8-29-31(38)12-16-40(3)33(29)21-35-37(40)42(47-5)22-26-20-34-30-9-7-25-19-28(45)11-15-39(25,2)32(30)13-17-41(34,4)43(26,35)36(46)23-42/h18-19,26,29-35,37H,6-17,20-23H2,1-5H3/t26-,29-,30-,31+,32+,33-,34+,35-,37+,38-,39+,40-,41+,42+,43-/m1/s1. The van der Waals surface area contributed by atoms with Gasteiger partial charge in [0.05, 0.1) is 5.60 Å². The molecule has 4 heteroatoms. The number of methoxy groups -OCH3 is 1. The molecule has 0 unspecified atom stereocenters. The van der Waals surface area contributed by atoms with Crippen LogP contribution in [0.2, 0.25) is 0 Å². The molecule has 9 fully saturated rings. The average Bonchev–Trinajstić information content (AvgIpc) is 3.52. The third-order valence-corrected chi connectivity index (χ3v) is 19.6. The fourth-order valence-electron chi connectivity index (χ4n) is 18.0. The molecule has 2 bridgehead atoms. The average molecular weight is 639 g/mol. The van der Waals surface area contributed by atoms with Crippen molar-refractivity contribution >= 4 is 17.3 Å². The number of rotatable bonds is 1. The molecular weight excluding hydrogens is 580 g/mol. The first kappa shape index (κ1) is 30.3. The van der Waals surface area contributed by atoms with Crippen LogP contribution in [0.4, 0.5) is 0 Å². The molecule has 0 amide bonds. The number of hydrogen-bond donors (Lipinski definition) is 0. The highest BCUT2D eigenvalue weighted by atomic mass is 16.5. The van der Waals surface area contributed by atoms with Gasteiger partial charge < -0.3 is 4.74 Å². The smallest absolute Gasteiger partial charge is 0.155 e. The van der Waals surface area contributed by atoms with Crippen LogP contribution in [0.5, 0.6) is 0 Å². The summed E-state index contributed by atoms with van der Waals surface area (Å²) in [6.07, 6.45) is 21.3. The molecule has 0 aromatic rings. The maximum absolute atomic E-state index is 15.2. The molecule has 0 aromatic heterocycles. The third-order valence-electron chi connectivity index (χ3n) is 19.6. The summed E-state index contributed by atoms with van der Waals surface area (Å²) >= 11 is 0. The maximum atomic E-state index is 15.2. The summed E-state index contributed by atoms with van der Waals surface area (Å²) in [5.41, 5.74) is 3.06. The number of ether oxygens (including phenoxy) is 1. The predicted molar refractivity (Wildman–Crippen MR) is 181 cm³/mol. The number of hydrogen-bond acceptors (Lipinski definition) is 4. The van der Waals surface area contributed by atoms with Crippen LogP contribution in [0.25, 0.3) is 0 Å². The second kappa shape index (κ2) is 9.21. The Morgan fingerprint density at radius 1 is 0.660 bits per heavy atom. The van der Waals surface area contributed by atoms with Crippen LogP contribution in [-0.2, 0) is 19.1 Å². The van der Waals surface area contributed by atoms with Crippen LogP contribution in [0.15, 0.2) is 23.3 Å². The summed E-state index contributed by atoms with van der Waals surface area (Å²) in [7, 11) is 1.96. The first-order valence-electron chi connectivity index (χ1n) is 19.9. The fourth-order valence-corrected chi connectivity index (χ4v) is 18.0. The van der Waals surface area contributed by atoms with Crippen molar-refractivity contribution in [1.29, 1.82) is 0 Å². The largest absolute Gasteiger partial charge is 0.377 e. The molecule has 9 saturated carbocycles. The number of allylic oxidation sites excluding steroid dienone is 2. The second-order valence-electron chi connectivity index (χ2n) is 20.1. The molecule has 15 atom stereocenters. The lowest BCUT2D eigenvalue weighted by Gasteiger charge is -2.68. The Hall–Kier alpha value is -1.55. The van der Waals surface area contributed by atoms with Crippen LogP contribution < -0.4 is 0 Å².